The molecular weight excluding hydrogens is 239 g/mol. The highest BCUT2D eigenvalue weighted by Gasteiger charge is 2.25. The monoisotopic (exact) mass is 248 g/mol. The molecule has 1 aliphatic rings. The molecule has 0 N–H and O–H groups in total. The highest BCUT2D eigenvalue weighted by molar-refractivity contribution is 8.13. The van der Waals surface area contributed by atoms with Gasteiger partial charge in [-0.25, -0.2) is 12.8 Å². The van der Waals surface area contributed by atoms with Gasteiger partial charge in [-0.1, -0.05) is 12.1 Å². The molecule has 0 bridgehead atoms. The minimum absolute atomic E-state index is 0.0593. The Morgan fingerprint density at radius 2 is 2.13 bits per heavy atom. The largest absolute Gasteiger partial charge is 0.261 e. The minimum atomic E-state index is -3.76. The van der Waals surface area contributed by atoms with E-state index in [1.807, 2.05) is 0 Å². The molecule has 1 aromatic carbocycles. The predicted octanol–water partition coefficient (Wildman–Crippen LogP) is 2.96. The van der Waals surface area contributed by atoms with E-state index in [4.69, 9.17) is 10.7 Å². The van der Waals surface area contributed by atoms with E-state index in [0.29, 0.717) is 30.4 Å². The van der Waals surface area contributed by atoms with Crippen molar-refractivity contribution in [3.8, 4) is 0 Å². The predicted molar refractivity (Wildman–Crippen MR) is 56.3 cm³/mol. The molecule has 0 spiro atoms. The quantitative estimate of drug-likeness (QED) is 0.716. The van der Waals surface area contributed by atoms with E-state index in [1.54, 1.807) is 6.07 Å². The van der Waals surface area contributed by atoms with Gasteiger partial charge in [0.15, 0.2) is 0 Å². The van der Waals surface area contributed by atoms with Crippen LogP contribution in [0.4, 0.5) is 4.39 Å². The first kappa shape index (κ1) is 10.9. The normalized spacial score (nSPS) is 21.1. The van der Waals surface area contributed by atoms with E-state index in [-0.39, 0.29) is 4.90 Å². The number of hydrogen-bond donors (Lipinski definition) is 0. The van der Waals surface area contributed by atoms with Crippen molar-refractivity contribution in [3.05, 3.63) is 29.3 Å². The van der Waals surface area contributed by atoms with Crippen molar-refractivity contribution in [1.82, 2.24) is 0 Å². The third kappa shape index (κ3) is 2.01. The molecule has 1 aromatic rings. The van der Waals surface area contributed by atoms with Gasteiger partial charge in [0, 0.05) is 10.7 Å². The van der Waals surface area contributed by atoms with E-state index < -0.39 is 15.2 Å². The fraction of sp³-hybridized carbons (Fsp3) is 0.400. The van der Waals surface area contributed by atoms with Crippen LogP contribution in [0.2, 0.25) is 0 Å². The number of hydrogen-bond acceptors (Lipinski definition) is 2. The highest BCUT2D eigenvalue weighted by atomic mass is 35.7. The van der Waals surface area contributed by atoms with Crippen LogP contribution in [-0.2, 0) is 15.5 Å². The van der Waals surface area contributed by atoms with Crippen LogP contribution in [-0.4, -0.2) is 8.42 Å². The Kier molecular flexibility index (Phi) is 2.73. The topological polar surface area (TPSA) is 34.1 Å². The van der Waals surface area contributed by atoms with Gasteiger partial charge in [-0.3, -0.25) is 0 Å². The highest BCUT2D eigenvalue weighted by Crippen LogP contribution is 2.36. The van der Waals surface area contributed by atoms with Crippen molar-refractivity contribution in [2.24, 2.45) is 0 Å². The summed E-state index contributed by atoms with van der Waals surface area (Å²) in [6.45, 7) is 0. The zero-order valence-corrected chi connectivity index (χ0v) is 9.48. The van der Waals surface area contributed by atoms with Crippen molar-refractivity contribution in [3.63, 3.8) is 0 Å². The number of fused-ring (bicyclic) bond motifs is 1. The fourth-order valence-electron chi connectivity index (χ4n) is 1.99. The maximum atomic E-state index is 13.5. The van der Waals surface area contributed by atoms with Crippen LogP contribution in [0.5, 0.6) is 0 Å². The Morgan fingerprint density at radius 3 is 2.80 bits per heavy atom. The molecule has 2 rings (SSSR count). The third-order valence-corrected chi connectivity index (χ3v) is 4.06. The molecule has 5 heteroatoms. The molecule has 1 atom stereocenters. The van der Waals surface area contributed by atoms with Gasteiger partial charge in [-0.2, -0.15) is 0 Å². The van der Waals surface area contributed by atoms with Crippen molar-refractivity contribution in [1.29, 1.82) is 0 Å². The van der Waals surface area contributed by atoms with Crippen LogP contribution >= 0.6 is 10.7 Å². The standard InChI is InChI=1S/C10H10ClFO2S/c11-15(13,14)10-6-2-3-7-8(10)4-1-5-9(7)12/h2-3,6,9H,1,4-5H2. The second-order valence-corrected chi connectivity index (χ2v) is 6.16. The van der Waals surface area contributed by atoms with E-state index in [1.165, 1.54) is 12.1 Å². The third-order valence-electron chi connectivity index (χ3n) is 2.65. The summed E-state index contributed by atoms with van der Waals surface area (Å²) in [5.74, 6) is 0. The van der Waals surface area contributed by atoms with Gasteiger partial charge in [0.1, 0.15) is 6.17 Å². The van der Waals surface area contributed by atoms with E-state index in [9.17, 15) is 12.8 Å². The van der Waals surface area contributed by atoms with E-state index in [0.717, 1.165) is 0 Å². The zero-order chi connectivity index (χ0) is 11.1. The van der Waals surface area contributed by atoms with Gasteiger partial charge >= 0.3 is 0 Å². The molecule has 0 aliphatic heterocycles. The number of halogens is 2. The van der Waals surface area contributed by atoms with Crippen LogP contribution in [0.1, 0.15) is 30.1 Å². The number of benzene rings is 1. The Bertz CT molecular complexity index is 484. The molecule has 15 heavy (non-hydrogen) atoms. The van der Waals surface area contributed by atoms with Crippen molar-refractivity contribution in [2.75, 3.05) is 0 Å². The average Bonchev–Trinajstić information content (AvgIpc) is 2.16. The number of alkyl halides is 1. The Hall–Kier alpha value is -0.610. The maximum absolute atomic E-state index is 13.5. The molecule has 0 fully saturated rings. The lowest BCUT2D eigenvalue weighted by Crippen LogP contribution is -2.10. The molecule has 1 aliphatic carbocycles. The SMILES string of the molecule is O=S(=O)(Cl)c1cccc2c1CCCC2F. The lowest BCUT2D eigenvalue weighted by Gasteiger charge is -2.21. The summed E-state index contributed by atoms with van der Waals surface area (Å²) in [5.41, 5.74) is 1.02. The van der Waals surface area contributed by atoms with Crippen molar-refractivity contribution in [2.45, 2.75) is 30.3 Å². The lowest BCUT2D eigenvalue weighted by molar-refractivity contribution is 0.301. The molecule has 2 nitrogen and oxygen atoms in total. The second kappa shape index (κ2) is 3.76. The average molecular weight is 249 g/mol. The van der Waals surface area contributed by atoms with Crippen molar-refractivity contribution < 1.29 is 12.8 Å². The summed E-state index contributed by atoms with van der Waals surface area (Å²) >= 11 is 0. The molecule has 1 unspecified atom stereocenters. The molecule has 0 aromatic heterocycles. The van der Waals surface area contributed by atoms with Gasteiger partial charge in [-0.05, 0) is 36.5 Å². The molecule has 0 saturated carbocycles. The minimum Gasteiger partial charge on any atom is -0.242 e. The summed E-state index contributed by atoms with van der Waals surface area (Å²) in [6, 6.07) is 4.59. The van der Waals surface area contributed by atoms with E-state index >= 15 is 0 Å². The van der Waals surface area contributed by atoms with Crippen LogP contribution in [0.25, 0.3) is 0 Å². The number of rotatable bonds is 1. The van der Waals surface area contributed by atoms with Gasteiger partial charge in [0.25, 0.3) is 9.05 Å². The van der Waals surface area contributed by atoms with Crippen molar-refractivity contribution >= 4 is 19.7 Å². The van der Waals surface area contributed by atoms with Crippen LogP contribution in [0.15, 0.2) is 23.1 Å². The van der Waals surface area contributed by atoms with Crippen LogP contribution in [0, 0.1) is 0 Å². The second-order valence-electron chi connectivity index (χ2n) is 3.62. The molecule has 0 amide bonds. The van der Waals surface area contributed by atoms with Gasteiger partial charge in [0.05, 0.1) is 4.90 Å². The summed E-state index contributed by atoms with van der Waals surface area (Å²) in [4.78, 5) is 0.0593. The lowest BCUT2D eigenvalue weighted by atomic mass is 9.90. The summed E-state index contributed by atoms with van der Waals surface area (Å²) < 4.78 is 36.0. The van der Waals surface area contributed by atoms with Crippen LogP contribution in [0.3, 0.4) is 0 Å². The summed E-state index contributed by atoms with van der Waals surface area (Å²) in [6.07, 6.45) is 0.640. The Labute approximate surface area is 92.5 Å². The zero-order valence-electron chi connectivity index (χ0n) is 7.91. The van der Waals surface area contributed by atoms with E-state index in [2.05, 4.69) is 0 Å². The summed E-state index contributed by atoms with van der Waals surface area (Å²) in [5, 5.41) is 0. The van der Waals surface area contributed by atoms with Crippen LogP contribution < -0.4 is 0 Å². The smallest absolute Gasteiger partial charge is 0.242 e. The first-order valence-corrected chi connectivity index (χ1v) is 7.01. The van der Waals surface area contributed by atoms with Gasteiger partial charge < -0.3 is 0 Å². The molecule has 0 heterocycles. The Morgan fingerprint density at radius 1 is 1.40 bits per heavy atom. The molecule has 82 valence electrons. The Balaban J connectivity index is 2.65. The van der Waals surface area contributed by atoms with Gasteiger partial charge in [0.2, 0.25) is 0 Å². The maximum Gasteiger partial charge on any atom is 0.261 e. The van der Waals surface area contributed by atoms with Gasteiger partial charge in [-0.15, -0.1) is 0 Å². The molecular formula is C10H10ClFO2S. The first-order chi connectivity index (χ1) is 7.00. The molecule has 0 saturated heterocycles. The fourth-order valence-corrected chi connectivity index (χ4v) is 3.17. The first-order valence-electron chi connectivity index (χ1n) is 4.70. The molecule has 0 radical (unpaired) electrons. The summed E-state index contributed by atoms with van der Waals surface area (Å²) in [7, 11) is 1.53.